The van der Waals surface area contributed by atoms with Crippen molar-refractivity contribution in [2.75, 3.05) is 18.5 Å². The number of nitrogens with zero attached hydrogens (tertiary/aromatic N) is 2. The van der Waals surface area contributed by atoms with E-state index in [2.05, 4.69) is 34.4 Å². The summed E-state index contributed by atoms with van der Waals surface area (Å²) in [6, 6.07) is 1.03. The fraction of sp³-hybridized carbons (Fsp3) is 0.692. The second-order valence-electron chi connectivity index (χ2n) is 4.81. The van der Waals surface area contributed by atoms with Crippen molar-refractivity contribution in [2.24, 2.45) is 0 Å². The summed E-state index contributed by atoms with van der Waals surface area (Å²) >= 11 is 0. The number of aromatic nitrogens is 2. The number of nitrogens with one attached hydrogen (secondary N) is 2. The Balaban J connectivity index is 1.91. The molecule has 2 rings (SSSR count). The van der Waals surface area contributed by atoms with Crippen molar-refractivity contribution >= 4 is 5.82 Å². The summed E-state index contributed by atoms with van der Waals surface area (Å²) in [4.78, 5) is 8.57. The molecule has 0 bridgehead atoms. The molecule has 18 heavy (non-hydrogen) atoms. The molecule has 1 fully saturated rings. The molecule has 0 spiro atoms. The molecule has 2 heterocycles. The van der Waals surface area contributed by atoms with Crippen LogP contribution in [0.5, 0.6) is 5.88 Å². The predicted molar refractivity (Wildman–Crippen MR) is 71.9 cm³/mol. The van der Waals surface area contributed by atoms with Gasteiger partial charge in [0.15, 0.2) is 0 Å². The van der Waals surface area contributed by atoms with E-state index in [0.29, 0.717) is 24.6 Å². The monoisotopic (exact) mass is 250 g/mol. The average Bonchev–Trinajstić information content (AvgIpc) is 2.37. The molecule has 2 atom stereocenters. The number of ether oxygens (including phenoxy) is 1. The van der Waals surface area contributed by atoms with E-state index in [1.807, 2.05) is 0 Å². The Morgan fingerprint density at radius 2 is 2.39 bits per heavy atom. The largest absolute Gasteiger partial charge is 0.477 e. The highest BCUT2D eigenvalue weighted by atomic mass is 16.5. The van der Waals surface area contributed by atoms with Crippen LogP contribution in [0, 0.1) is 0 Å². The van der Waals surface area contributed by atoms with Crippen LogP contribution in [0.1, 0.15) is 33.1 Å². The first-order valence-electron chi connectivity index (χ1n) is 6.72. The van der Waals surface area contributed by atoms with Crippen LogP contribution in [0.2, 0.25) is 0 Å². The molecule has 100 valence electrons. The Bertz CT molecular complexity index is 372. The Morgan fingerprint density at radius 1 is 1.50 bits per heavy atom. The summed E-state index contributed by atoms with van der Waals surface area (Å²) < 4.78 is 5.48. The molecule has 5 nitrogen and oxygen atoms in total. The standard InChI is InChI=1S/C13H22N4O/c1-3-6-18-13-9-14-8-12(17-13)16-11-4-5-15-10(2)7-11/h8-11,15H,3-7H2,1-2H3,(H,16,17). The van der Waals surface area contributed by atoms with Gasteiger partial charge in [0.05, 0.1) is 19.0 Å². The van der Waals surface area contributed by atoms with Crippen LogP contribution in [0.25, 0.3) is 0 Å². The molecule has 0 aliphatic carbocycles. The molecule has 0 radical (unpaired) electrons. The maximum absolute atomic E-state index is 5.48. The van der Waals surface area contributed by atoms with Gasteiger partial charge in [-0.25, -0.2) is 0 Å². The Labute approximate surface area is 108 Å². The van der Waals surface area contributed by atoms with E-state index in [4.69, 9.17) is 4.74 Å². The molecule has 1 aliphatic rings. The van der Waals surface area contributed by atoms with E-state index < -0.39 is 0 Å². The summed E-state index contributed by atoms with van der Waals surface area (Å²) in [5, 5.41) is 6.87. The van der Waals surface area contributed by atoms with Crippen LogP contribution in [0.4, 0.5) is 5.82 Å². The molecular weight excluding hydrogens is 228 g/mol. The lowest BCUT2D eigenvalue weighted by atomic mass is 10.0. The molecule has 2 unspecified atom stereocenters. The highest BCUT2D eigenvalue weighted by Gasteiger charge is 2.18. The minimum atomic E-state index is 0.469. The molecule has 1 saturated heterocycles. The maximum Gasteiger partial charge on any atom is 0.234 e. The van der Waals surface area contributed by atoms with E-state index in [1.165, 1.54) is 0 Å². The van der Waals surface area contributed by atoms with Crippen LogP contribution in [0.3, 0.4) is 0 Å². The quantitative estimate of drug-likeness (QED) is 0.834. The van der Waals surface area contributed by atoms with E-state index in [1.54, 1.807) is 12.4 Å². The molecular formula is C13H22N4O. The van der Waals surface area contributed by atoms with E-state index in [-0.39, 0.29) is 0 Å². The van der Waals surface area contributed by atoms with Gasteiger partial charge in [-0.2, -0.15) is 4.98 Å². The van der Waals surface area contributed by atoms with Gasteiger partial charge in [-0.3, -0.25) is 4.98 Å². The highest BCUT2D eigenvalue weighted by Crippen LogP contribution is 2.15. The van der Waals surface area contributed by atoms with Crippen LogP contribution in [-0.4, -0.2) is 35.2 Å². The van der Waals surface area contributed by atoms with Crippen molar-refractivity contribution in [1.29, 1.82) is 0 Å². The van der Waals surface area contributed by atoms with Crippen molar-refractivity contribution in [3.05, 3.63) is 12.4 Å². The first-order valence-corrected chi connectivity index (χ1v) is 6.72. The van der Waals surface area contributed by atoms with Gasteiger partial charge in [0.1, 0.15) is 5.82 Å². The average molecular weight is 250 g/mol. The summed E-state index contributed by atoms with van der Waals surface area (Å²) in [7, 11) is 0. The summed E-state index contributed by atoms with van der Waals surface area (Å²) in [5.41, 5.74) is 0. The smallest absolute Gasteiger partial charge is 0.234 e. The van der Waals surface area contributed by atoms with Crippen LogP contribution in [-0.2, 0) is 0 Å². The van der Waals surface area contributed by atoms with Gasteiger partial charge < -0.3 is 15.4 Å². The van der Waals surface area contributed by atoms with Crippen LogP contribution in [0.15, 0.2) is 12.4 Å². The summed E-state index contributed by atoms with van der Waals surface area (Å²) in [6.45, 7) is 6.02. The Hall–Kier alpha value is -1.36. The minimum Gasteiger partial charge on any atom is -0.477 e. The zero-order valence-electron chi connectivity index (χ0n) is 11.1. The number of rotatable bonds is 5. The van der Waals surface area contributed by atoms with Crippen molar-refractivity contribution in [3.8, 4) is 5.88 Å². The van der Waals surface area contributed by atoms with Gasteiger partial charge in [-0.05, 0) is 32.7 Å². The van der Waals surface area contributed by atoms with Gasteiger partial charge in [0, 0.05) is 12.1 Å². The molecule has 1 aromatic heterocycles. The van der Waals surface area contributed by atoms with Crippen LogP contribution >= 0.6 is 0 Å². The molecule has 2 N–H and O–H groups in total. The van der Waals surface area contributed by atoms with Crippen molar-refractivity contribution in [2.45, 2.75) is 45.2 Å². The van der Waals surface area contributed by atoms with Crippen molar-refractivity contribution in [1.82, 2.24) is 15.3 Å². The van der Waals surface area contributed by atoms with E-state index in [9.17, 15) is 0 Å². The third-order valence-corrected chi connectivity index (χ3v) is 3.04. The van der Waals surface area contributed by atoms with Crippen LogP contribution < -0.4 is 15.4 Å². The first-order chi connectivity index (χ1) is 8.78. The molecule has 0 saturated carbocycles. The molecule has 5 heteroatoms. The lowest BCUT2D eigenvalue weighted by Crippen LogP contribution is -2.41. The van der Waals surface area contributed by atoms with Gasteiger partial charge in [0.2, 0.25) is 5.88 Å². The zero-order valence-corrected chi connectivity index (χ0v) is 11.1. The van der Waals surface area contributed by atoms with Crippen molar-refractivity contribution in [3.63, 3.8) is 0 Å². The van der Waals surface area contributed by atoms with Gasteiger partial charge in [-0.1, -0.05) is 6.92 Å². The SMILES string of the molecule is CCCOc1cncc(NC2CCNC(C)C2)n1. The highest BCUT2D eigenvalue weighted by molar-refractivity contribution is 5.34. The van der Waals surface area contributed by atoms with Crippen molar-refractivity contribution < 1.29 is 4.74 Å². The van der Waals surface area contributed by atoms with Gasteiger partial charge in [0.25, 0.3) is 0 Å². The lowest BCUT2D eigenvalue weighted by Gasteiger charge is -2.28. The first kappa shape index (κ1) is 13.1. The summed E-state index contributed by atoms with van der Waals surface area (Å²) in [6.07, 6.45) is 6.62. The summed E-state index contributed by atoms with van der Waals surface area (Å²) in [5.74, 6) is 1.41. The molecule has 1 aliphatic heterocycles. The van der Waals surface area contributed by atoms with E-state index in [0.717, 1.165) is 31.6 Å². The van der Waals surface area contributed by atoms with Gasteiger partial charge in [-0.15, -0.1) is 0 Å². The number of hydrogen-bond donors (Lipinski definition) is 2. The number of anilines is 1. The fourth-order valence-corrected chi connectivity index (χ4v) is 2.17. The molecule has 1 aromatic rings. The zero-order chi connectivity index (χ0) is 12.8. The minimum absolute atomic E-state index is 0.469. The third kappa shape index (κ3) is 3.84. The van der Waals surface area contributed by atoms with Gasteiger partial charge >= 0.3 is 0 Å². The topological polar surface area (TPSA) is 59.1 Å². The fourth-order valence-electron chi connectivity index (χ4n) is 2.17. The normalized spacial score (nSPS) is 23.7. The second-order valence-corrected chi connectivity index (χ2v) is 4.81. The number of piperidine rings is 1. The second kappa shape index (κ2) is 6.54. The number of hydrogen-bond acceptors (Lipinski definition) is 5. The molecule has 0 aromatic carbocycles. The molecule has 0 amide bonds. The maximum atomic E-state index is 5.48. The Morgan fingerprint density at radius 3 is 3.17 bits per heavy atom. The van der Waals surface area contributed by atoms with E-state index >= 15 is 0 Å². The predicted octanol–water partition coefficient (Wildman–Crippen LogP) is 1.82. The Kier molecular flexibility index (Phi) is 4.75. The third-order valence-electron chi connectivity index (χ3n) is 3.04. The lowest BCUT2D eigenvalue weighted by molar-refractivity contribution is 0.304.